The number of nitrogens with zero attached hydrogens (tertiary/aromatic N) is 2. The lowest BCUT2D eigenvalue weighted by Gasteiger charge is -2.30. The molecule has 28 heavy (non-hydrogen) atoms. The minimum Gasteiger partial charge on any atom is -0.508 e. The molecule has 0 radical (unpaired) electrons. The average Bonchev–Trinajstić information content (AvgIpc) is 2.66. The first-order valence-corrected chi connectivity index (χ1v) is 8.72. The Morgan fingerprint density at radius 1 is 1.18 bits per heavy atom. The van der Waals surface area contributed by atoms with Gasteiger partial charge in [-0.3, -0.25) is 19.3 Å². The second-order valence-corrected chi connectivity index (χ2v) is 6.51. The molecule has 3 rings (SSSR count). The number of nitrogens with one attached hydrogen (secondary N) is 2. The van der Waals surface area contributed by atoms with Crippen LogP contribution in [0.25, 0.3) is 0 Å². The van der Waals surface area contributed by atoms with Gasteiger partial charge in [0.15, 0.2) is 11.0 Å². The molecule has 3 N–H and O–H groups in total. The summed E-state index contributed by atoms with van der Waals surface area (Å²) < 4.78 is 0. The van der Waals surface area contributed by atoms with Gasteiger partial charge in [-0.25, -0.2) is 5.43 Å². The van der Waals surface area contributed by atoms with Crippen LogP contribution in [-0.4, -0.2) is 34.2 Å². The molecule has 0 aliphatic carbocycles. The van der Waals surface area contributed by atoms with E-state index in [1.165, 1.54) is 24.3 Å². The summed E-state index contributed by atoms with van der Waals surface area (Å²) in [6.07, 6.45) is 1.03. The zero-order valence-electron chi connectivity index (χ0n) is 14.1. The van der Waals surface area contributed by atoms with Crippen molar-refractivity contribution in [3.05, 3.63) is 59.1 Å². The van der Waals surface area contributed by atoms with Gasteiger partial charge in [-0.1, -0.05) is 11.6 Å². The third kappa shape index (κ3) is 4.16. The molecule has 0 spiro atoms. The fraction of sp³-hybridized carbons (Fsp3) is 0.0556. The standard InChI is InChI=1S/C18H13ClN4O4S/c19-11-3-5-12(6-4-11)23-17(27)14(16(26)21-18(23)28)9-20-22-15(25)10-1-7-13(24)8-2-10/h1-9,14,24H,(H,22,25)(H,21,26,28)/b20-9-/t14-/m0/s1. The van der Waals surface area contributed by atoms with E-state index in [-0.39, 0.29) is 16.4 Å². The van der Waals surface area contributed by atoms with E-state index in [2.05, 4.69) is 15.8 Å². The first-order valence-electron chi connectivity index (χ1n) is 7.94. The van der Waals surface area contributed by atoms with Gasteiger partial charge in [0.2, 0.25) is 5.91 Å². The highest BCUT2D eigenvalue weighted by molar-refractivity contribution is 7.80. The van der Waals surface area contributed by atoms with Crippen LogP contribution in [-0.2, 0) is 9.59 Å². The number of anilines is 1. The monoisotopic (exact) mass is 416 g/mol. The van der Waals surface area contributed by atoms with Crippen molar-refractivity contribution in [1.29, 1.82) is 0 Å². The summed E-state index contributed by atoms with van der Waals surface area (Å²) in [5.74, 6) is -3.09. The molecule has 0 bridgehead atoms. The van der Waals surface area contributed by atoms with E-state index < -0.39 is 23.6 Å². The maximum Gasteiger partial charge on any atom is 0.271 e. The van der Waals surface area contributed by atoms with E-state index in [0.29, 0.717) is 10.7 Å². The Hall–Kier alpha value is -3.30. The summed E-state index contributed by atoms with van der Waals surface area (Å²) in [4.78, 5) is 38.0. The van der Waals surface area contributed by atoms with E-state index in [0.717, 1.165) is 11.1 Å². The maximum absolute atomic E-state index is 12.7. The highest BCUT2D eigenvalue weighted by atomic mass is 35.5. The summed E-state index contributed by atoms with van der Waals surface area (Å²) in [5, 5.41) is 15.8. The molecule has 0 saturated carbocycles. The van der Waals surface area contributed by atoms with Crippen molar-refractivity contribution in [2.75, 3.05) is 4.90 Å². The largest absolute Gasteiger partial charge is 0.508 e. The minimum atomic E-state index is -1.28. The maximum atomic E-state index is 12.7. The average molecular weight is 417 g/mol. The number of amides is 3. The van der Waals surface area contributed by atoms with Crippen molar-refractivity contribution < 1.29 is 19.5 Å². The molecule has 10 heteroatoms. The van der Waals surface area contributed by atoms with E-state index in [1.54, 1.807) is 24.3 Å². The molecule has 1 aliphatic rings. The molecule has 1 atom stereocenters. The molecule has 0 aromatic heterocycles. The molecular weight excluding hydrogens is 404 g/mol. The molecule has 2 aromatic rings. The molecule has 1 saturated heterocycles. The number of rotatable bonds is 4. The van der Waals surface area contributed by atoms with Crippen LogP contribution in [0, 0.1) is 5.92 Å². The Morgan fingerprint density at radius 3 is 2.46 bits per heavy atom. The third-order valence-electron chi connectivity index (χ3n) is 3.81. The lowest BCUT2D eigenvalue weighted by molar-refractivity contribution is -0.130. The van der Waals surface area contributed by atoms with Crippen LogP contribution in [0.3, 0.4) is 0 Å². The predicted molar refractivity (Wildman–Crippen MR) is 107 cm³/mol. The van der Waals surface area contributed by atoms with Crippen LogP contribution < -0.4 is 15.6 Å². The lowest BCUT2D eigenvalue weighted by Crippen LogP contribution is -2.58. The number of phenols is 1. The Balaban J connectivity index is 1.74. The molecule has 3 amide bonds. The van der Waals surface area contributed by atoms with E-state index in [1.807, 2.05) is 0 Å². The van der Waals surface area contributed by atoms with Crippen molar-refractivity contribution in [2.45, 2.75) is 0 Å². The molecular formula is C18H13ClN4O4S. The number of hydrogen-bond donors (Lipinski definition) is 3. The number of thiocarbonyl (C=S) groups is 1. The molecule has 0 unspecified atom stereocenters. The van der Waals surface area contributed by atoms with Gasteiger partial charge >= 0.3 is 0 Å². The topological polar surface area (TPSA) is 111 Å². The summed E-state index contributed by atoms with van der Waals surface area (Å²) in [6, 6.07) is 11.9. The quantitative estimate of drug-likeness (QED) is 0.305. The Labute approximate surface area is 169 Å². The van der Waals surface area contributed by atoms with Gasteiger partial charge in [0, 0.05) is 16.8 Å². The van der Waals surface area contributed by atoms with Gasteiger partial charge in [0.05, 0.1) is 5.69 Å². The van der Waals surface area contributed by atoms with Crippen LogP contribution in [0.1, 0.15) is 10.4 Å². The number of carbonyl (C=O) groups is 3. The zero-order chi connectivity index (χ0) is 20.3. The van der Waals surface area contributed by atoms with Crippen LogP contribution in [0.2, 0.25) is 5.02 Å². The number of hydrazone groups is 1. The highest BCUT2D eigenvalue weighted by Gasteiger charge is 2.38. The van der Waals surface area contributed by atoms with Crippen LogP contribution >= 0.6 is 23.8 Å². The molecule has 2 aromatic carbocycles. The second kappa shape index (κ2) is 8.15. The molecule has 142 valence electrons. The van der Waals surface area contributed by atoms with E-state index >= 15 is 0 Å². The number of carbonyl (C=O) groups excluding carboxylic acids is 3. The number of phenolic OH excluding ortho intramolecular Hbond substituents is 1. The van der Waals surface area contributed by atoms with E-state index in [9.17, 15) is 19.5 Å². The number of benzene rings is 2. The smallest absolute Gasteiger partial charge is 0.271 e. The van der Waals surface area contributed by atoms with Gasteiger partial charge < -0.3 is 10.4 Å². The van der Waals surface area contributed by atoms with Gasteiger partial charge in [0.25, 0.3) is 11.8 Å². The highest BCUT2D eigenvalue weighted by Crippen LogP contribution is 2.22. The summed E-state index contributed by atoms with van der Waals surface area (Å²) in [6.45, 7) is 0. The van der Waals surface area contributed by atoms with Gasteiger partial charge in [-0.2, -0.15) is 5.10 Å². The van der Waals surface area contributed by atoms with Crippen LogP contribution in [0.4, 0.5) is 5.69 Å². The second-order valence-electron chi connectivity index (χ2n) is 5.69. The third-order valence-corrected chi connectivity index (χ3v) is 4.34. The van der Waals surface area contributed by atoms with Gasteiger partial charge in [0.1, 0.15) is 5.75 Å². The van der Waals surface area contributed by atoms with Crippen molar-refractivity contribution >= 4 is 58.6 Å². The SMILES string of the molecule is O=C(N/N=C\[C@H]1C(=O)NC(=S)N(c2ccc(Cl)cc2)C1=O)c1ccc(O)cc1. The lowest BCUT2D eigenvalue weighted by atomic mass is 10.1. The van der Waals surface area contributed by atoms with Crippen molar-refractivity contribution in [3.63, 3.8) is 0 Å². The molecule has 1 fully saturated rings. The Kier molecular flexibility index (Phi) is 5.67. The van der Waals surface area contributed by atoms with Crippen molar-refractivity contribution in [3.8, 4) is 5.75 Å². The number of aromatic hydroxyl groups is 1. The zero-order valence-corrected chi connectivity index (χ0v) is 15.7. The molecule has 1 aliphatic heterocycles. The minimum absolute atomic E-state index is 0.0165. The van der Waals surface area contributed by atoms with Gasteiger partial charge in [-0.15, -0.1) is 0 Å². The molecule has 8 nitrogen and oxygen atoms in total. The molecule has 1 heterocycles. The summed E-state index contributed by atoms with van der Waals surface area (Å²) in [5.41, 5.74) is 2.91. The predicted octanol–water partition coefficient (Wildman–Crippen LogP) is 1.83. The Bertz CT molecular complexity index is 976. The van der Waals surface area contributed by atoms with E-state index in [4.69, 9.17) is 23.8 Å². The number of hydrogen-bond acceptors (Lipinski definition) is 6. The number of halogens is 1. The van der Waals surface area contributed by atoms with Crippen LogP contribution in [0.15, 0.2) is 53.6 Å². The summed E-state index contributed by atoms with van der Waals surface area (Å²) in [7, 11) is 0. The first kappa shape index (κ1) is 19.5. The first-order chi connectivity index (χ1) is 13.4. The fourth-order valence-electron chi connectivity index (χ4n) is 2.40. The van der Waals surface area contributed by atoms with Crippen LogP contribution in [0.5, 0.6) is 5.75 Å². The van der Waals surface area contributed by atoms with Crippen molar-refractivity contribution in [2.24, 2.45) is 11.0 Å². The Morgan fingerprint density at radius 2 is 1.82 bits per heavy atom. The summed E-state index contributed by atoms with van der Waals surface area (Å²) >= 11 is 10.9. The normalized spacial score (nSPS) is 17.0. The van der Waals surface area contributed by atoms with Crippen molar-refractivity contribution in [1.82, 2.24) is 10.7 Å². The van der Waals surface area contributed by atoms with Gasteiger partial charge in [-0.05, 0) is 60.7 Å². The fourth-order valence-corrected chi connectivity index (χ4v) is 2.83.